The van der Waals surface area contributed by atoms with E-state index in [0.717, 1.165) is 18.5 Å². The number of primary amides is 1. The van der Waals surface area contributed by atoms with Gasteiger partial charge in [-0.2, -0.15) is 5.10 Å². The summed E-state index contributed by atoms with van der Waals surface area (Å²) in [6.07, 6.45) is 2.69. The molecule has 2 aliphatic heterocycles. The van der Waals surface area contributed by atoms with Gasteiger partial charge in [0.05, 0.1) is 32.7 Å². The maximum Gasteiger partial charge on any atom is 0.277 e. The third-order valence-corrected chi connectivity index (χ3v) is 6.92. The molecule has 2 N–H and O–H groups in total. The standard InChI is InChI=1S/C27H29N5O6/c1-36-18-12-17(13-19(15-18)37-2)32-25-20(24(29-32)26(28)34)9-11-31(27(25)35)21-8-7-16(14-22(21)38-3)30-10-5-4-6-23(30)33/h7-8,12-15H,4-6,9-11H2,1-3H3,(H2,28,34). The Morgan fingerprint density at radius 2 is 1.61 bits per heavy atom. The zero-order valence-corrected chi connectivity index (χ0v) is 21.5. The molecule has 0 spiro atoms. The summed E-state index contributed by atoms with van der Waals surface area (Å²) in [5.74, 6) is 0.434. The van der Waals surface area contributed by atoms with Crippen molar-refractivity contribution in [3.63, 3.8) is 0 Å². The van der Waals surface area contributed by atoms with Crippen LogP contribution in [0.25, 0.3) is 5.69 Å². The van der Waals surface area contributed by atoms with E-state index >= 15 is 0 Å². The summed E-state index contributed by atoms with van der Waals surface area (Å²) in [4.78, 5) is 42.0. The molecule has 38 heavy (non-hydrogen) atoms. The normalized spacial score (nSPS) is 15.3. The monoisotopic (exact) mass is 519 g/mol. The molecule has 5 rings (SSSR count). The highest BCUT2D eigenvalue weighted by molar-refractivity contribution is 6.10. The van der Waals surface area contributed by atoms with Gasteiger partial charge in [-0.3, -0.25) is 14.4 Å². The predicted octanol–water partition coefficient (Wildman–Crippen LogP) is 2.72. The Labute approximate surface area is 219 Å². The number of aromatic nitrogens is 2. The summed E-state index contributed by atoms with van der Waals surface area (Å²) in [5.41, 5.74) is 8.13. The van der Waals surface area contributed by atoms with Gasteiger partial charge in [-0.25, -0.2) is 4.68 Å². The molecule has 1 fully saturated rings. The van der Waals surface area contributed by atoms with Gasteiger partial charge in [0.1, 0.15) is 22.9 Å². The Balaban J connectivity index is 1.58. The van der Waals surface area contributed by atoms with E-state index in [9.17, 15) is 14.4 Å². The lowest BCUT2D eigenvalue weighted by atomic mass is 10.0. The number of nitrogens with two attached hydrogens (primary N) is 1. The fourth-order valence-electron chi connectivity index (χ4n) is 5.03. The second-order valence-corrected chi connectivity index (χ2v) is 9.09. The second kappa shape index (κ2) is 10.1. The van der Waals surface area contributed by atoms with E-state index in [0.29, 0.717) is 53.6 Å². The Morgan fingerprint density at radius 1 is 0.868 bits per heavy atom. The molecule has 0 aliphatic carbocycles. The number of fused-ring (bicyclic) bond motifs is 1. The van der Waals surface area contributed by atoms with Crippen LogP contribution in [0.4, 0.5) is 11.4 Å². The van der Waals surface area contributed by atoms with Crippen LogP contribution in [0, 0.1) is 0 Å². The first-order valence-corrected chi connectivity index (χ1v) is 12.3. The van der Waals surface area contributed by atoms with E-state index in [1.807, 2.05) is 6.07 Å². The summed E-state index contributed by atoms with van der Waals surface area (Å²) in [7, 11) is 4.57. The molecule has 11 nitrogen and oxygen atoms in total. The highest BCUT2D eigenvalue weighted by Crippen LogP contribution is 2.37. The highest BCUT2D eigenvalue weighted by Gasteiger charge is 2.36. The number of anilines is 2. The van der Waals surface area contributed by atoms with Gasteiger partial charge in [0.15, 0.2) is 5.69 Å². The van der Waals surface area contributed by atoms with Crippen molar-refractivity contribution in [2.45, 2.75) is 25.7 Å². The number of carbonyl (C=O) groups is 3. The molecule has 2 aromatic carbocycles. The molecule has 11 heteroatoms. The molecule has 1 saturated heterocycles. The third-order valence-electron chi connectivity index (χ3n) is 6.92. The minimum absolute atomic E-state index is 0.0423. The average Bonchev–Trinajstić information content (AvgIpc) is 3.34. The smallest absolute Gasteiger partial charge is 0.277 e. The van der Waals surface area contributed by atoms with Crippen molar-refractivity contribution in [1.82, 2.24) is 9.78 Å². The van der Waals surface area contributed by atoms with Gasteiger partial charge in [0.2, 0.25) is 5.91 Å². The lowest BCUT2D eigenvalue weighted by Gasteiger charge is -2.31. The number of benzene rings is 2. The number of rotatable bonds is 7. The Morgan fingerprint density at radius 3 is 2.24 bits per heavy atom. The van der Waals surface area contributed by atoms with Crippen LogP contribution in [0.3, 0.4) is 0 Å². The number of ether oxygens (including phenoxy) is 3. The van der Waals surface area contributed by atoms with Crippen LogP contribution < -0.4 is 29.7 Å². The Bertz CT molecular complexity index is 1410. The second-order valence-electron chi connectivity index (χ2n) is 9.09. The highest BCUT2D eigenvalue weighted by atomic mass is 16.5. The van der Waals surface area contributed by atoms with Gasteiger partial charge in [-0.1, -0.05) is 0 Å². The van der Waals surface area contributed by atoms with Crippen molar-refractivity contribution in [3.05, 3.63) is 53.3 Å². The molecule has 3 amide bonds. The number of carbonyl (C=O) groups excluding carboxylic acids is 3. The van der Waals surface area contributed by atoms with Crippen LogP contribution in [0.15, 0.2) is 36.4 Å². The summed E-state index contributed by atoms with van der Waals surface area (Å²) in [6, 6.07) is 10.5. The van der Waals surface area contributed by atoms with Crippen LogP contribution in [0.5, 0.6) is 17.2 Å². The van der Waals surface area contributed by atoms with Gasteiger partial charge >= 0.3 is 0 Å². The maximum atomic E-state index is 14.0. The average molecular weight is 520 g/mol. The summed E-state index contributed by atoms with van der Waals surface area (Å²) in [6.45, 7) is 0.935. The van der Waals surface area contributed by atoms with E-state index in [1.165, 1.54) is 26.0 Å². The van der Waals surface area contributed by atoms with Crippen LogP contribution in [0.1, 0.15) is 45.8 Å². The van der Waals surface area contributed by atoms with Crippen LogP contribution in [-0.2, 0) is 11.2 Å². The summed E-state index contributed by atoms with van der Waals surface area (Å²) < 4.78 is 17.8. The molecule has 0 unspecified atom stereocenters. The van der Waals surface area contributed by atoms with Crippen molar-refractivity contribution in [3.8, 4) is 22.9 Å². The molecular formula is C27H29N5O6. The van der Waals surface area contributed by atoms with E-state index in [4.69, 9.17) is 19.9 Å². The molecule has 3 aromatic rings. The first-order valence-electron chi connectivity index (χ1n) is 12.3. The summed E-state index contributed by atoms with van der Waals surface area (Å²) >= 11 is 0. The first kappa shape index (κ1) is 25.1. The molecule has 3 heterocycles. The zero-order chi connectivity index (χ0) is 27.0. The fraction of sp³-hybridized carbons (Fsp3) is 0.333. The third kappa shape index (κ3) is 4.29. The largest absolute Gasteiger partial charge is 0.497 e. The lowest BCUT2D eigenvalue weighted by Crippen LogP contribution is -2.39. The number of hydrogen-bond acceptors (Lipinski definition) is 7. The van der Waals surface area contributed by atoms with E-state index in [-0.39, 0.29) is 29.7 Å². The van der Waals surface area contributed by atoms with Crippen molar-refractivity contribution in [2.75, 3.05) is 44.2 Å². The van der Waals surface area contributed by atoms with Crippen molar-refractivity contribution < 1.29 is 28.6 Å². The molecular weight excluding hydrogens is 490 g/mol. The van der Waals surface area contributed by atoms with Gasteiger partial charge in [0.25, 0.3) is 11.8 Å². The molecule has 2 aliphatic rings. The Hall–Kier alpha value is -4.54. The van der Waals surface area contributed by atoms with E-state index in [2.05, 4.69) is 5.10 Å². The number of piperidine rings is 1. The number of hydrogen-bond donors (Lipinski definition) is 1. The zero-order valence-electron chi connectivity index (χ0n) is 21.5. The quantitative estimate of drug-likeness (QED) is 0.508. The molecule has 0 atom stereocenters. The number of methoxy groups -OCH3 is 3. The topological polar surface area (TPSA) is 129 Å². The van der Waals surface area contributed by atoms with Gasteiger partial charge in [-0.05, 0) is 31.4 Å². The minimum atomic E-state index is -0.718. The molecule has 1 aromatic heterocycles. The SMILES string of the molecule is COc1cc(OC)cc(-n2nc(C(N)=O)c3c2C(=O)N(c2ccc(N4CCCCC4=O)cc2OC)CC3)c1. The van der Waals surface area contributed by atoms with Crippen molar-refractivity contribution in [2.24, 2.45) is 5.73 Å². The number of amides is 3. The van der Waals surface area contributed by atoms with Gasteiger partial charge in [0, 0.05) is 55.0 Å². The minimum Gasteiger partial charge on any atom is -0.497 e. The van der Waals surface area contributed by atoms with Gasteiger partial charge in [-0.15, -0.1) is 0 Å². The van der Waals surface area contributed by atoms with Crippen LogP contribution >= 0.6 is 0 Å². The Kier molecular flexibility index (Phi) is 6.66. The van der Waals surface area contributed by atoms with Crippen molar-refractivity contribution >= 4 is 29.1 Å². The molecule has 0 radical (unpaired) electrons. The molecule has 0 saturated carbocycles. The van der Waals surface area contributed by atoms with Crippen molar-refractivity contribution in [1.29, 1.82) is 0 Å². The molecule has 0 bridgehead atoms. The lowest BCUT2D eigenvalue weighted by molar-refractivity contribution is -0.119. The van der Waals surface area contributed by atoms with Crippen LogP contribution in [-0.4, -0.2) is 61.9 Å². The maximum absolute atomic E-state index is 14.0. The predicted molar refractivity (Wildman–Crippen MR) is 140 cm³/mol. The molecule has 198 valence electrons. The number of nitrogens with zero attached hydrogens (tertiary/aromatic N) is 4. The summed E-state index contributed by atoms with van der Waals surface area (Å²) in [5, 5.41) is 4.43. The first-order chi connectivity index (χ1) is 18.4. The van der Waals surface area contributed by atoms with Crippen LogP contribution in [0.2, 0.25) is 0 Å². The fourth-order valence-corrected chi connectivity index (χ4v) is 5.03. The van der Waals surface area contributed by atoms with Gasteiger partial charge < -0.3 is 29.7 Å². The van der Waals surface area contributed by atoms with E-state index in [1.54, 1.807) is 40.1 Å². The van der Waals surface area contributed by atoms with E-state index < -0.39 is 5.91 Å².